The molecule has 0 heterocycles. The van der Waals surface area contributed by atoms with Gasteiger partial charge in [-0.25, -0.2) is 4.99 Å². The molecule has 0 aliphatic carbocycles. The minimum atomic E-state index is -0.0507. The number of rotatable bonds is 6. The average molecular weight is 404 g/mol. The summed E-state index contributed by atoms with van der Waals surface area (Å²) in [6.45, 7) is 8.85. The lowest BCUT2D eigenvalue weighted by molar-refractivity contribution is 0.0956. The van der Waals surface area contributed by atoms with Gasteiger partial charge in [0.2, 0.25) is 0 Å². The van der Waals surface area contributed by atoms with Gasteiger partial charge in [0.1, 0.15) is 0 Å². The minimum absolute atomic E-state index is 0. The lowest BCUT2D eigenvalue weighted by Gasteiger charge is -2.19. The molecule has 1 aromatic rings. The maximum atomic E-state index is 11.6. The van der Waals surface area contributed by atoms with Gasteiger partial charge in [-0.15, -0.1) is 24.0 Å². The van der Waals surface area contributed by atoms with Crippen molar-refractivity contribution in [2.45, 2.75) is 27.3 Å². The fourth-order valence-corrected chi connectivity index (χ4v) is 1.84. The first-order valence-corrected chi connectivity index (χ1v) is 7.04. The first-order valence-electron chi connectivity index (χ1n) is 7.04. The third-order valence-corrected chi connectivity index (χ3v) is 3.06. The van der Waals surface area contributed by atoms with Crippen molar-refractivity contribution < 1.29 is 4.79 Å². The van der Waals surface area contributed by atoms with Crippen LogP contribution in [-0.2, 0) is 6.54 Å². The Morgan fingerprint density at radius 1 is 1.19 bits per heavy atom. The molecule has 5 nitrogen and oxygen atoms in total. The fraction of sp³-hybridized carbons (Fsp3) is 0.467. The van der Waals surface area contributed by atoms with E-state index in [1.54, 1.807) is 0 Å². The van der Waals surface area contributed by atoms with Gasteiger partial charge in [0.15, 0.2) is 5.96 Å². The number of carbonyl (C=O) groups is 1. The van der Waals surface area contributed by atoms with Crippen LogP contribution < -0.4 is 11.1 Å². The van der Waals surface area contributed by atoms with Crippen LogP contribution in [0.25, 0.3) is 0 Å². The number of carbonyl (C=O) groups excluding carboxylic acids is 1. The van der Waals surface area contributed by atoms with E-state index in [9.17, 15) is 4.79 Å². The Morgan fingerprint density at radius 2 is 1.76 bits per heavy atom. The van der Waals surface area contributed by atoms with Gasteiger partial charge in [-0.2, -0.15) is 0 Å². The maximum Gasteiger partial charge on any atom is 0.251 e. The number of nitrogens with one attached hydrogen (secondary N) is 1. The summed E-state index contributed by atoms with van der Waals surface area (Å²) in [6.07, 6.45) is 0. The molecule has 0 spiro atoms. The quantitative estimate of drug-likeness (QED) is 0.434. The van der Waals surface area contributed by atoms with Gasteiger partial charge in [0.25, 0.3) is 5.91 Å². The van der Waals surface area contributed by atoms with E-state index in [0.29, 0.717) is 24.6 Å². The molecule has 0 fully saturated rings. The number of guanidine groups is 1. The third-order valence-electron chi connectivity index (χ3n) is 3.06. The van der Waals surface area contributed by atoms with Crippen molar-refractivity contribution in [3.05, 3.63) is 35.4 Å². The first kappa shape index (κ1) is 19.7. The van der Waals surface area contributed by atoms with Crippen molar-refractivity contribution in [1.82, 2.24) is 10.2 Å². The zero-order valence-corrected chi connectivity index (χ0v) is 15.3. The van der Waals surface area contributed by atoms with Crippen LogP contribution in [0.15, 0.2) is 29.3 Å². The molecule has 0 aromatic heterocycles. The van der Waals surface area contributed by atoms with Gasteiger partial charge in [0, 0.05) is 25.2 Å². The maximum absolute atomic E-state index is 11.6. The third kappa shape index (κ3) is 6.33. The summed E-state index contributed by atoms with van der Waals surface area (Å²) in [5.74, 6) is 0.507. The standard InChI is InChI=1S/C15H24N4O.HI/c1-4-17-14(20)13-9-7-12(8-10-13)11-18-15(16)19(5-2)6-3;/h7-10H,4-6,11H2,1-3H3,(H2,16,18)(H,17,20);1H. The molecule has 1 aromatic carbocycles. The van der Waals surface area contributed by atoms with Crippen molar-refractivity contribution in [3.63, 3.8) is 0 Å². The highest BCUT2D eigenvalue weighted by Gasteiger charge is 2.04. The Morgan fingerprint density at radius 3 is 2.24 bits per heavy atom. The van der Waals surface area contributed by atoms with Gasteiger partial charge in [-0.1, -0.05) is 12.1 Å². The number of aliphatic imine (C=N–C) groups is 1. The van der Waals surface area contributed by atoms with Crippen LogP contribution in [0.1, 0.15) is 36.7 Å². The van der Waals surface area contributed by atoms with E-state index in [0.717, 1.165) is 18.7 Å². The van der Waals surface area contributed by atoms with E-state index >= 15 is 0 Å². The number of hydrogen-bond donors (Lipinski definition) is 2. The molecule has 0 unspecified atom stereocenters. The van der Waals surface area contributed by atoms with E-state index in [-0.39, 0.29) is 29.9 Å². The van der Waals surface area contributed by atoms with Gasteiger partial charge in [-0.3, -0.25) is 4.79 Å². The second kappa shape index (κ2) is 10.4. The van der Waals surface area contributed by atoms with Crippen LogP contribution >= 0.6 is 24.0 Å². The minimum Gasteiger partial charge on any atom is -0.370 e. The Labute approximate surface area is 144 Å². The molecule has 0 aliphatic heterocycles. The predicted molar refractivity (Wildman–Crippen MR) is 98.1 cm³/mol. The topological polar surface area (TPSA) is 70.7 Å². The molecule has 0 saturated heterocycles. The molecule has 3 N–H and O–H groups in total. The summed E-state index contributed by atoms with van der Waals surface area (Å²) in [5, 5.41) is 2.77. The number of hydrogen-bond acceptors (Lipinski definition) is 2. The van der Waals surface area contributed by atoms with Gasteiger partial charge >= 0.3 is 0 Å². The largest absolute Gasteiger partial charge is 0.370 e. The monoisotopic (exact) mass is 404 g/mol. The number of amides is 1. The number of benzene rings is 1. The summed E-state index contributed by atoms with van der Waals surface area (Å²) >= 11 is 0. The first-order chi connectivity index (χ1) is 9.62. The molecule has 6 heteroatoms. The van der Waals surface area contributed by atoms with Crippen LogP contribution in [0.4, 0.5) is 0 Å². The van der Waals surface area contributed by atoms with Gasteiger partial charge in [-0.05, 0) is 38.5 Å². The molecular formula is C15H25IN4O. The van der Waals surface area contributed by atoms with Crippen LogP contribution in [0.2, 0.25) is 0 Å². The lowest BCUT2D eigenvalue weighted by atomic mass is 10.1. The normalized spacial score (nSPS) is 10.7. The Balaban J connectivity index is 0.00000400. The molecule has 0 aliphatic rings. The summed E-state index contributed by atoms with van der Waals surface area (Å²) in [4.78, 5) is 18.0. The zero-order valence-electron chi connectivity index (χ0n) is 12.9. The van der Waals surface area contributed by atoms with E-state index in [1.165, 1.54) is 0 Å². The van der Waals surface area contributed by atoms with Gasteiger partial charge < -0.3 is 16.0 Å². The van der Waals surface area contributed by atoms with Crippen molar-refractivity contribution >= 4 is 35.8 Å². The highest BCUT2D eigenvalue weighted by Crippen LogP contribution is 2.06. The fourth-order valence-electron chi connectivity index (χ4n) is 1.84. The molecule has 21 heavy (non-hydrogen) atoms. The Hall–Kier alpha value is -1.31. The molecule has 118 valence electrons. The molecule has 0 saturated carbocycles. The van der Waals surface area contributed by atoms with Crippen molar-refractivity contribution in [3.8, 4) is 0 Å². The van der Waals surface area contributed by atoms with Crippen LogP contribution in [0.5, 0.6) is 0 Å². The predicted octanol–water partition coefficient (Wildman–Crippen LogP) is 2.21. The molecule has 0 bridgehead atoms. The second-order valence-electron chi connectivity index (χ2n) is 4.40. The highest BCUT2D eigenvalue weighted by molar-refractivity contribution is 14.0. The van der Waals surface area contributed by atoms with Gasteiger partial charge in [0.05, 0.1) is 6.54 Å². The van der Waals surface area contributed by atoms with Crippen molar-refractivity contribution in [1.29, 1.82) is 0 Å². The van der Waals surface area contributed by atoms with Crippen molar-refractivity contribution in [2.24, 2.45) is 10.7 Å². The van der Waals surface area contributed by atoms with E-state index in [2.05, 4.69) is 10.3 Å². The van der Waals surface area contributed by atoms with E-state index in [4.69, 9.17) is 5.73 Å². The Bertz CT molecular complexity index is 455. The summed E-state index contributed by atoms with van der Waals surface area (Å²) in [6, 6.07) is 7.43. The van der Waals surface area contributed by atoms with Crippen LogP contribution in [-0.4, -0.2) is 36.4 Å². The molecule has 1 rings (SSSR count). The summed E-state index contributed by atoms with van der Waals surface area (Å²) in [5.41, 5.74) is 7.61. The molecule has 1 amide bonds. The second-order valence-corrected chi connectivity index (χ2v) is 4.40. The average Bonchev–Trinajstić information content (AvgIpc) is 2.47. The number of halogens is 1. The smallest absolute Gasteiger partial charge is 0.251 e. The summed E-state index contributed by atoms with van der Waals surface area (Å²) < 4.78 is 0. The van der Waals surface area contributed by atoms with E-state index < -0.39 is 0 Å². The lowest BCUT2D eigenvalue weighted by Crippen LogP contribution is -2.37. The molecular weight excluding hydrogens is 379 g/mol. The van der Waals surface area contributed by atoms with E-state index in [1.807, 2.05) is 49.9 Å². The SMILES string of the molecule is CCNC(=O)c1ccc(CN=C(N)N(CC)CC)cc1.I. The van der Waals surface area contributed by atoms with Crippen LogP contribution in [0.3, 0.4) is 0 Å². The number of nitrogens with zero attached hydrogens (tertiary/aromatic N) is 2. The number of nitrogens with two attached hydrogens (primary N) is 1. The molecule has 0 atom stereocenters. The van der Waals surface area contributed by atoms with Crippen LogP contribution in [0, 0.1) is 0 Å². The zero-order chi connectivity index (χ0) is 15.0. The Kier molecular flexibility index (Phi) is 9.77. The van der Waals surface area contributed by atoms with Crippen molar-refractivity contribution in [2.75, 3.05) is 19.6 Å². The molecule has 0 radical (unpaired) electrons. The highest BCUT2D eigenvalue weighted by atomic mass is 127. The summed E-state index contributed by atoms with van der Waals surface area (Å²) in [7, 11) is 0.